The highest BCUT2D eigenvalue weighted by Gasteiger charge is 2.33. The molecule has 106 valence electrons. The van der Waals surface area contributed by atoms with Gasteiger partial charge in [-0.1, -0.05) is 32.4 Å². The average molecular weight is 283 g/mol. The molecule has 2 atom stereocenters. The number of nitrogens with zero attached hydrogens (tertiary/aromatic N) is 2. The average Bonchev–Trinajstić information content (AvgIpc) is 2.22. The van der Waals surface area contributed by atoms with E-state index in [1.165, 1.54) is 6.42 Å². The normalized spacial score (nSPS) is 26.2. The first-order valence-corrected chi connectivity index (χ1v) is 7.32. The van der Waals surface area contributed by atoms with Gasteiger partial charge < -0.3 is 4.74 Å². The van der Waals surface area contributed by atoms with Crippen LogP contribution in [0.4, 0.5) is 0 Å². The maximum atomic E-state index is 6.12. The van der Waals surface area contributed by atoms with Crippen molar-refractivity contribution in [1.82, 2.24) is 9.97 Å². The molecule has 2 rings (SSSR count). The van der Waals surface area contributed by atoms with Crippen LogP contribution in [0.2, 0.25) is 5.15 Å². The lowest BCUT2D eigenvalue weighted by Gasteiger charge is -2.38. The van der Waals surface area contributed by atoms with E-state index >= 15 is 0 Å². The molecule has 0 aliphatic heterocycles. The van der Waals surface area contributed by atoms with Gasteiger partial charge in [-0.2, -0.15) is 4.98 Å². The number of rotatable bonds is 2. The Morgan fingerprint density at radius 1 is 1.21 bits per heavy atom. The Balaban J connectivity index is 2.17. The molecule has 1 aliphatic carbocycles. The number of aromatic nitrogens is 2. The Morgan fingerprint density at radius 2 is 1.89 bits per heavy atom. The van der Waals surface area contributed by atoms with Gasteiger partial charge in [0, 0.05) is 5.56 Å². The molecule has 19 heavy (non-hydrogen) atoms. The van der Waals surface area contributed by atoms with Crippen molar-refractivity contribution in [3.8, 4) is 5.88 Å². The summed E-state index contributed by atoms with van der Waals surface area (Å²) in [5.74, 6) is 1.99. The zero-order valence-electron chi connectivity index (χ0n) is 12.5. The standard InChI is InChI=1S/C15H23ClN2O/c1-9-6-12(8-15(4,5)7-9)19-14-10(2)13(16)17-11(3)18-14/h9,12H,6-8H2,1-5H3. The number of aryl methyl sites for hydroxylation is 1. The van der Waals surface area contributed by atoms with Crippen LogP contribution in [0.3, 0.4) is 0 Å². The number of ether oxygens (including phenoxy) is 1. The summed E-state index contributed by atoms with van der Waals surface area (Å²) in [6.45, 7) is 10.7. The fraction of sp³-hybridized carbons (Fsp3) is 0.733. The number of hydrogen-bond donors (Lipinski definition) is 0. The summed E-state index contributed by atoms with van der Waals surface area (Å²) in [5.41, 5.74) is 1.17. The van der Waals surface area contributed by atoms with Gasteiger partial charge in [0.15, 0.2) is 0 Å². The van der Waals surface area contributed by atoms with E-state index in [1.807, 2.05) is 13.8 Å². The molecular weight excluding hydrogens is 260 g/mol. The zero-order valence-corrected chi connectivity index (χ0v) is 13.2. The van der Waals surface area contributed by atoms with Crippen molar-refractivity contribution in [2.75, 3.05) is 0 Å². The molecule has 1 aromatic rings. The molecule has 0 amide bonds. The van der Waals surface area contributed by atoms with Crippen LogP contribution < -0.4 is 4.74 Å². The Hall–Kier alpha value is -0.830. The van der Waals surface area contributed by atoms with Gasteiger partial charge in [0.2, 0.25) is 5.88 Å². The van der Waals surface area contributed by atoms with E-state index in [1.54, 1.807) is 0 Å². The predicted octanol–water partition coefficient (Wildman–Crippen LogP) is 4.34. The second kappa shape index (κ2) is 5.28. The maximum absolute atomic E-state index is 6.12. The molecule has 0 saturated heterocycles. The lowest BCUT2D eigenvalue weighted by Crippen LogP contribution is -2.34. The van der Waals surface area contributed by atoms with E-state index in [9.17, 15) is 0 Å². The minimum absolute atomic E-state index is 0.225. The Morgan fingerprint density at radius 3 is 2.53 bits per heavy atom. The molecule has 1 saturated carbocycles. The minimum Gasteiger partial charge on any atom is -0.474 e. The summed E-state index contributed by atoms with van der Waals surface area (Å²) in [5, 5.41) is 0.491. The third kappa shape index (κ3) is 3.59. The van der Waals surface area contributed by atoms with Crippen LogP contribution >= 0.6 is 11.6 Å². The molecule has 0 bridgehead atoms. The summed E-state index contributed by atoms with van der Waals surface area (Å²) in [7, 11) is 0. The third-order valence-electron chi connectivity index (χ3n) is 3.78. The summed E-state index contributed by atoms with van der Waals surface area (Å²) in [4.78, 5) is 8.53. The van der Waals surface area contributed by atoms with E-state index in [0.29, 0.717) is 28.2 Å². The lowest BCUT2D eigenvalue weighted by molar-refractivity contribution is 0.0525. The molecule has 1 fully saturated rings. The molecule has 1 aromatic heterocycles. The number of halogens is 1. The van der Waals surface area contributed by atoms with Crippen molar-refractivity contribution in [2.24, 2.45) is 11.3 Å². The largest absolute Gasteiger partial charge is 0.474 e. The van der Waals surface area contributed by atoms with Gasteiger partial charge >= 0.3 is 0 Å². The van der Waals surface area contributed by atoms with E-state index in [-0.39, 0.29) is 6.10 Å². The lowest BCUT2D eigenvalue weighted by atomic mass is 9.71. The van der Waals surface area contributed by atoms with Crippen molar-refractivity contribution in [3.05, 3.63) is 16.5 Å². The smallest absolute Gasteiger partial charge is 0.221 e. The highest BCUT2D eigenvalue weighted by molar-refractivity contribution is 6.30. The van der Waals surface area contributed by atoms with E-state index < -0.39 is 0 Å². The molecule has 0 N–H and O–H groups in total. The molecule has 0 spiro atoms. The van der Waals surface area contributed by atoms with Crippen molar-refractivity contribution < 1.29 is 4.74 Å². The quantitative estimate of drug-likeness (QED) is 0.757. The first-order chi connectivity index (χ1) is 8.77. The Kier molecular flexibility index (Phi) is 4.05. The summed E-state index contributed by atoms with van der Waals surface area (Å²) < 4.78 is 6.12. The first-order valence-electron chi connectivity index (χ1n) is 6.94. The van der Waals surface area contributed by atoms with Crippen LogP contribution in [0, 0.1) is 25.2 Å². The second-order valence-electron chi connectivity index (χ2n) is 6.64. The zero-order chi connectivity index (χ0) is 14.2. The van der Waals surface area contributed by atoms with Crippen LogP contribution in [0.15, 0.2) is 0 Å². The Labute approximate surface area is 120 Å². The fourth-order valence-electron chi connectivity index (χ4n) is 3.19. The topological polar surface area (TPSA) is 35.0 Å². The van der Waals surface area contributed by atoms with Crippen LogP contribution in [-0.4, -0.2) is 16.1 Å². The minimum atomic E-state index is 0.225. The number of hydrogen-bond acceptors (Lipinski definition) is 3. The predicted molar refractivity (Wildman–Crippen MR) is 77.7 cm³/mol. The maximum Gasteiger partial charge on any atom is 0.221 e. The molecule has 3 nitrogen and oxygen atoms in total. The third-order valence-corrected chi connectivity index (χ3v) is 4.15. The van der Waals surface area contributed by atoms with Crippen molar-refractivity contribution in [3.63, 3.8) is 0 Å². The molecule has 0 radical (unpaired) electrons. The van der Waals surface area contributed by atoms with Gasteiger partial charge in [-0.25, -0.2) is 4.98 Å². The molecular formula is C15H23ClN2O. The molecule has 1 heterocycles. The van der Waals surface area contributed by atoms with E-state index in [4.69, 9.17) is 16.3 Å². The van der Waals surface area contributed by atoms with Crippen molar-refractivity contribution >= 4 is 11.6 Å². The molecule has 0 aromatic carbocycles. The van der Waals surface area contributed by atoms with Crippen LogP contribution in [0.5, 0.6) is 5.88 Å². The van der Waals surface area contributed by atoms with Crippen LogP contribution in [-0.2, 0) is 0 Å². The van der Waals surface area contributed by atoms with Gasteiger partial charge in [-0.05, 0) is 44.4 Å². The second-order valence-corrected chi connectivity index (χ2v) is 7.00. The highest BCUT2D eigenvalue weighted by Crippen LogP contribution is 2.40. The first kappa shape index (κ1) is 14.6. The van der Waals surface area contributed by atoms with Gasteiger partial charge in [-0.15, -0.1) is 0 Å². The molecule has 2 unspecified atom stereocenters. The highest BCUT2D eigenvalue weighted by atomic mass is 35.5. The van der Waals surface area contributed by atoms with Crippen LogP contribution in [0.1, 0.15) is 51.4 Å². The van der Waals surface area contributed by atoms with Gasteiger partial charge in [0.25, 0.3) is 0 Å². The monoisotopic (exact) mass is 282 g/mol. The molecule has 4 heteroatoms. The van der Waals surface area contributed by atoms with E-state index in [0.717, 1.165) is 18.4 Å². The van der Waals surface area contributed by atoms with Gasteiger partial charge in [-0.3, -0.25) is 0 Å². The SMILES string of the molecule is Cc1nc(Cl)c(C)c(OC2CC(C)CC(C)(C)C2)n1. The van der Waals surface area contributed by atoms with Crippen LogP contribution in [0.25, 0.3) is 0 Å². The summed E-state index contributed by atoms with van der Waals surface area (Å²) >= 11 is 6.09. The summed E-state index contributed by atoms with van der Waals surface area (Å²) in [6.07, 6.45) is 3.64. The summed E-state index contributed by atoms with van der Waals surface area (Å²) in [6, 6.07) is 0. The van der Waals surface area contributed by atoms with Crippen molar-refractivity contribution in [2.45, 2.75) is 60.0 Å². The molecule has 1 aliphatic rings. The fourth-order valence-corrected chi connectivity index (χ4v) is 3.39. The van der Waals surface area contributed by atoms with Gasteiger partial charge in [0.05, 0.1) is 0 Å². The van der Waals surface area contributed by atoms with Crippen molar-refractivity contribution in [1.29, 1.82) is 0 Å². The van der Waals surface area contributed by atoms with E-state index in [2.05, 4.69) is 30.7 Å². The Bertz CT molecular complexity index is 473. The van der Waals surface area contributed by atoms with Gasteiger partial charge in [0.1, 0.15) is 17.1 Å².